The molecule has 1 aromatic heterocycles. The van der Waals surface area contributed by atoms with Crippen molar-refractivity contribution >= 4 is 11.3 Å². The van der Waals surface area contributed by atoms with Crippen LogP contribution in [0.1, 0.15) is 32.5 Å². The quantitative estimate of drug-likeness (QED) is 0.871. The van der Waals surface area contributed by atoms with Gasteiger partial charge in [0, 0.05) is 15.8 Å². The Bertz CT molecular complexity index is 493. The molecule has 2 heteroatoms. The lowest BCUT2D eigenvalue weighted by atomic mass is 9.96. The number of hydrogen-bond donors (Lipinski definition) is 1. The van der Waals surface area contributed by atoms with E-state index >= 15 is 0 Å². The molecular weight excluding hydrogens is 226 g/mol. The van der Waals surface area contributed by atoms with Crippen molar-refractivity contribution in [1.29, 1.82) is 0 Å². The van der Waals surface area contributed by atoms with E-state index in [1.54, 1.807) is 11.3 Å². The Morgan fingerprint density at radius 1 is 1.06 bits per heavy atom. The second kappa shape index (κ2) is 5.03. The SMILES string of the molecule is Cc1ccc(C(N)Cc2c(C)cccc2C)s1. The van der Waals surface area contributed by atoms with E-state index < -0.39 is 0 Å². The van der Waals surface area contributed by atoms with Gasteiger partial charge in [0.25, 0.3) is 0 Å². The van der Waals surface area contributed by atoms with E-state index in [4.69, 9.17) is 5.73 Å². The Labute approximate surface area is 107 Å². The average Bonchev–Trinajstić information content (AvgIpc) is 2.70. The minimum Gasteiger partial charge on any atom is -0.323 e. The summed E-state index contributed by atoms with van der Waals surface area (Å²) in [6.45, 7) is 6.45. The van der Waals surface area contributed by atoms with E-state index in [0.29, 0.717) is 0 Å². The van der Waals surface area contributed by atoms with Crippen molar-refractivity contribution in [3.05, 3.63) is 56.8 Å². The zero-order valence-electron chi connectivity index (χ0n) is 10.7. The van der Waals surface area contributed by atoms with E-state index in [-0.39, 0.29) is 6.04 Å². The molecule has 0 radical (unpaired) electrons. The van der Waals surface area contributed by atoms with Crippen LogP contribution in [0.2, 0.25) is 0 Å². The normalized spacial score (nSPS) is 12.7. The maximum atomic E-state index is 6.29. The van der Waals surface area contributed by atoms with Gasteiger partial charge in [0.1, 0.15) is 0 Å². The summed E-state index contributed by atoms with van der Waals surface area (Å²) in [4.78, 5) is 2.61. The van der Waals surface area contributed by atoms with Gasteiger partial charge in [-0.15, -0.1) is 11.3 Å². The van der Waals surface area contributed by atoms with E-state index in [9.17, 15) is 0 Å². The highest BCUT2D eigenvalue weighted by Crippen LogP contribution is 2.26. The summed E-state index contributed by atoms with van der Waals surface area (Å²) in [6, 6.07) is 10.8. The molecule has 2 aromatic rings. The van der Waals surface area contributed by atoms with Crippen LogP contribution >= 0.6 is 11.3 Å². The maximum absolute atomic E-state index is 6.29. The van der Waals surface area contributed by atoms with Crippen LogP contribution in [0.25, 0.3) is 0 Å². The Hall–Kier alpha value is -1.12. The summed E-state index contributed by atoms with van der Waals surface area (Å²) < 4.78 is 0. The summed E-state index contributed by atoms with van der Waals surface area (Å²) in [5, 5.41) is 0. The molecule has 17 heavy (non-hydrogen) atoms. The number of hydrogen-bond acceptors (Lipinski definition) is 2. The van der Waals surface area contributed by atoms with Crippen LogP contribution in [0.5, 0.6) is 0 Å². The van der Waals surface area contributed by atoms with E-state index in [1.165, 1.54) is 26.4 Å². The molecule has 0 fully saturated rings. The van der Waals surface area contributed by atoms with Gasteiger partial charge >= 0.3 is 0 Å². The van der Waals surface area contributed by atoms with Crippen molar-refractivity contribution < 1.29 is 0 Å². The van der Waals surface area contributed by atoms with Crippen LogP contribution in [0.15, 0.2) is 30.3 Å². The van der Waals surface area contributed by atoms with Crippen LogP contribution in [0, 0.1) is 20.8 Å². The molecule has 0 bridgehead atoms. The predicted octanol–water partition coefficient (Wildman–Crippen LogP) is 3.92. The van der Waals surface area contributed by atoms with Crippen molar-refractivity contribution in [3.63, 3.8) is 0 Å². The molecule has 0 aliphatic heterocycles. The second-order valence-electron chi connectivity index (χ2n) is 4.63. The highest BCUT2D eigenvalue weighted by molar-refractivity contribution is 7.12. The molecule has 1 heterocycles. The van der Waals surface area contributed by atoms with Gasteiger partial charge in [0.2, 0.25) is 0 Å². The fourth-order valence-electron chi connectivity index (χ4n) is 2.14. The summed E-state index contributed by atoms with van der Waals surface area (Å²) >= 11 is 1.80. The van der Waals surface area contributed by atoms with Gasteiger partial charge in [0.05, 0.1) is 0 Å². The summed E-state index contributed by atoms with van der Waals surface area (Å²) in [5.74, 6) is 0. The van der Waals surface area contributed by atoms with Crippen molar-refractivity contribution in [3.8, 4) is 0 Å². The molecular formula is C15H19NS. The predicted molar refractivity (Wildman–Crippen MR) is 75.6 cm³/mol. The first-order chi connectivity index (χ1) is 8.08. The number of aryl methyl sites for hydroxylation is 3. The van der Waals surface area contributed by atoms with Crippen LogP contribution in [0.4, 0.5) is 0 Å². The number of benzene rings is 1. The Morgan fingerprint density at radius 2 is 1.71 bits per heavy atom. The van der Waals surface area contributed by atoms with Gasteiger partial charge in [-0.25, -0.2) is 0 Å². The molecule has 0 spiro atoms. The molecule has 1 aromatic carbocycles. The summed E-state index contributed by atoms with van der Waals surface area (Å²) in [7, 11) is 0. The molecule has 1 unspecified atom stereocenters. The molecule has 2 rings (SSSR count). The lowest BCUT2D eigenvalue weighted by Crippen LogP contribution is -2.13. The maximum Gasteiger partial charge on any atom is 0.0430 e. The van der Waals surface area contributed by atoms with Crippen LogP contribution < -0.4 is 5.73 Å². The van der Waals surface area contributed by atoms with Crippen LogP contribution in [-0.2, 0) is 6.42 Å². The standard InChI is InChI=1S/C15H19NS/c1-10-5-4-6-11(2)13(10)9-14(16)15-8-7-12(3)17-15/h4-8,14H,9,16H2,1-3H3. The number of rotatable bonds is 3. The second-order valence-corrected chi connectivity index (χ2v) is 5.95. The summed E-state index contributed by atoms with van der Waals surface area (Å²) in [6.07, 6.45) is 0.929. The highest BCUT2D eigenvalue weighted by Gasteiger charge is 2.12. The molecule has 0 aliphatic carbocycles. The van der Waals surface area contributed by atoms with E-state index in [2.05, 4.69) is 51.1 Å². The Balaban J connectivity index is 2.21. The zero-order valence-corrected chi connectivity index (χ0v) is 11.5. The van der Waals surface area contributed by atoms with Crippen LogP contribution in [0.3, 0.4) is 0 Å². The molecule has 2 N–H and O–H groups in total. The van der Waals surface area contributed by atoms with Crippen molar-refractivity contribution in [2.75, 3.05) is 0 Å². The van der Waals surface area contributed by atoms with Gasteiger partial charge in [-0.05, 0) is 56.0 Å². The van der Waals surface area contributed by atoms with Gasteiger partial charge in [-0.1, -0.05) is 18.2 Å². The summed E-state index contributed by atoms with van der Waals surface area (Å²) in [5.41, 5.74) is 10.4. The topological polar surface area (TPSA) is 26.0 Å². The first-order valence-corrected chi connectivity index (χ1v) is 6.76. The third-order valence-corrected chi connectivity index (χ3v) is 4.33. The first kappa shape index (κ1) is 12.3. The minimum atomic E-state index is 0.119. The Kier molecular flexibility index (Phi) is 3.65. The fourth-order valence-corrected chi connectivity index (χ4v) is 3.02. The van der Waals surface area contributed by atoms with E-state index in [1.807, 2.05) is 0 Å². The largest absolute Gasteiger partial charge is 0.323 e. The number of thiophene rings is 1. The van der Waals surface area contributed by atoms with Gasteiger partial charge in [0.15, 0.2) is 0 Å². The Morgan fingerprint density at radius 3 is 2.24 bits per heavy atom. The van der Waals surface area contributed by atoms with Gasteiger partial charge in [-0.2, -0.15) is 0 Å². The minimum absolute atomic E-state index is 0.119. The lowest BCUT2D eigenvalue weighted by Gasteiger charge is -2.14. The molecule has 0 saturated heterocycles. The first-order valence-electron chi connectivity index (χ1n) is 5.95. The van der Waals surface area contributed by atoms with Crippen LogP contribution in [-0.4, -0.2) is 0 Å². The lowest BCUT2D eigenvalue weighted by molar-refractivity contribution is 0.729. The molecule has 0 amide bonds. The fraction of sp³-hybridized carbons (Fsp3) is 0.333. The van der Waals surface area contributed by atoms with E-state index in [0.717, 1.165) is 6.42 Å². The average molecular weight is 245 g/mol. The smallest absolute Gasteiger partial charge is 0.0430 e. The van der Waals surface area contributed by atoms with Gasteiger partial charge < -0.3 is 5.73 Å². The number of nitrogens with two attached hydrogens (primary N) is 1. The molecule has 1 nitrogen and oxygen atoms in total. The third kappa shape index (κ3) is 2.76. The van der Waals surface area contributed by atoms with Crippen molar-refractivity contribution in [2.45, 2.75) is 33.2 Å². The molecule has 0 aliphatic rings. The zero-order chi connectivity index (χ0) is 12.4. The molecule has 1 atom stereocenters. The van der Waals surface area contributed by atoms with Crippen molar-refractivity contribution in [1.82, 2.24) is 0 Å². The monoisotopic (exact) mass is 245 g/mol. The molecule has 90 valence electrons. The van der Waals surface area contributed by atoms with Gasteiger partial charge in [-0.3, -0.25) is 0 Å². The third-order valence-electron chi connectivity index (χ3n) is 3.20. The molecule has 0 saturated carbocycles. The highest BCUT2D eigenvalue weighted by atomic mass is 32.1. The van der Waals surface area contributed by atoms with Crippen molar-refractivity contribution in [2.24, 2.45) is 5.73 Å².